The molecule has 0 aromatic heterocycles. The van der Waals surface area contributed by atoms with Gasteiger partial charge in [-0.05, 0) is 19.3 Å². The highest BCUT2D eigenvalue weighted by atomic mass is 16.6. The molecular weight excluding hydrogens is 348 g/mol. The van der Waals surface area contributed by atoms with Gasteiger partial charge in [-0.15, -0.1) is 0 Å². The molecule has 2 N–H and O–H groups in total. The molecule has 0 radical (unpaired) electrons. The number of amides is 1. The summed E-state index contributed by atoms with van der Waals surface area (Å²) in [5.74, 6) is 0.183. The molecule has 7 nitrogen and oxygen atoms in total. The van der Waals surface area contributed by atoms with Crippen LogP contribution in [0, 0.1) is 5.92 Å². The van der Waals surface area contributed by atoms with Gasteiger partial charge < -0.3 is 29.6 Å². The first-order valence-corrected chi connectivity index (χ1v) is 10.4. The van der Waals surface area contributed by atoms with E-state index in [2.05, 4.69) is 24.5 Å². The van der Waals surface area contributed by atoms with E-state index in [4.69, 9.17) is 18.9 Å². The summed E-state index contributed by atoms with van der Waals surface area (Å²) < 4.78 is 21.8. The lowest BCUT2D eigenvalue weighted by Crippen LogP contribution is -2.28. The molecule has 0 unspecified atom stereocenters. The van der Waals surface area contributed by atoms with E-state index in [-0.39, 0.29) is 11.8 Å². The molecule has 0 atom stereocenters. The Hall–Kier alpha value is -0.730. The van der Waals surface area contributed by atoms with Crippen molar-refractivity contribution in [1.29, 1.82) is 0 Å². The Kier molecular flexibility index (Phi) is 19.5. The smallest absolute Gasteiger partial charge is 0.222 e. The second-order valence-electron chi connectivity index (χ2n) is 7.06. The number of unbranched alkanes of at least 4 members (excludes halogenated alkanes) is 2. The van der Waals surface area contributed by atoms with Gasteiger partial charge in [0.15, 0.2) is 0 Å². The largest absolute Gasteiger partial charge is 0.379 e. The van der Waals surface area contributed by atoms with Crippen LogP contribution in [-0.4, -0.2) is 77.9 Å². The fraction of sp³-hybridized carbons (Fsp3) is 0.950. The number of hydrogen-bond donors (Lipinski definition) is 2. The Morgan fingerprint density at radius 2 is 1.19 bits per heavy atom. The van der Waals surface area contributed by atoms with Crippen LogP contribution >= 0.6 is 0 Å². The number of nitrogens with one attached hydrogen (secondary N) is 2. The standard InChI is InChI=1S/C20H42N2O5/c1-18(2)20(23)22-8-6-5-7-10-24-12-14-26-16-17-27-15-13-25-11-9-21-19(3)4/h18-19,21H,5-17H2,1-4H3,(H,22,23). The lowest BCUT2D eigenvalue weighted by molar-refractivity contribution is -0.123. The third-order valence-corrected chi connectivity index (χ3v) is 3.70. The fourth-order valence-corrected chi connectivity index (χ4v) is 2.10. The van der Waals surface area contributed by atoms with Gasteiger partial charge >= 0.3 is 0 Å². The summed E-state index contributed by atoms with van der Waals surface area (Å²) in [6, 6.07) is 0.495. The Morgan fingerprint density at radius 3 is 1.70 bits per heavy atom. The van der Waals surface area contributed by atoms with E-state index < -0.39 is 0 Å². The molecule has 0 aliphatic rings. The van der Waals surface area contributed by atoms with E-state index in [1.54, 1.807) is 0 Å². The zero-order chi connectivity index (χ0) is 20.2. The number of hydrogen-bond acceptors (Lipinski definition) is 6. The fourth-order valence-electron chi connectivity index (χ4n) is 2.10. The molecule has 0 bridgehead atoms. The van der Waals surface area contributed by atoms with E-state index in [9.17, 15) is 4.79 Å². The molecule has 0 spiro atoms. The lowest BCUT2D eigenvalue weighted by atomic mass is 10.2. The Balaban J connectivity index is 3.06. The summed E-state index contributed by atoms with van der Waals surface area (Å²) in [5.41, 5.74) is 0. The highest BCUT2D eigenvalue weighted by molar-refractivity contribution is 5.77. The molecular formula is C20H42N2O5. The Morgan fingerprint density at radius 1 is 0.667 bits per heavy atom. The summed E-state index contributed by atoms with van der Waals surface area (Å²) >= 11 is 0. The van der Waals surface area contributed by atoms with Crippen LogP contribution < -0.4 is 10.6 Å². The van der Waals surface area contributed by atoms with Crippen LogP contribution in [-0.2, 0) is 23.7 Å². The maximum absolute atomic E-state index is 11.4. The highest BCUT2D eigenvalue weighted by Gasteiger charge is 2.04. The average Bonchev–Trinajstić information content (AvgIpc) is 2.63. The molecule has 27 heavy (non-hydrogen) atoms. The molecule has 162 valence electrons. The van der Waals surface area contributed by atoms with Crippen molar-refractivity contribution in [2.45, 2.75) is 53.0 Å². The monoisotopic (exact) mass is 390 g/mol. The zero-order valence-electron chi connectivity index (χ0n) is 17.9. The molecule has 0 saturated carbocycles. The quantitative estimate of drug-likeness (QED) is 0.310. The predicted molar refractivity (Wildman–Crippen MR) is 108 cm³/mol. The average molecular weight is 391 g/mol. The summed E-state index contributed by atoms with van der Waals surface area (Å²) in [5, 5.41) is 6.21. The van der Waals surface area contributed by atoms with Gasteiger partial charge in [-0.3, -0.25) is 4.79 Å². The molecule has 1 amide bonds. The first kappa shape index (κ1) is 26.3. The Bertz CT molecular complexity index is 327. The number of rotatable bonds is 20. The van der Waals surface area contributed by atoms with Crippen molar-refractivity contribution in [1.82, 2.24) is 10.6 Å². The van der Waals surface area contributed by atoms with Crippen molar-refractivity contribution in [2.75, 3.05) is 65.9 Å². The second-order valence-corrected chi connectivity index (χ2v) is 7.06. The number of carbonyl (C=O) groups excluding carboxylic acids is 1. The minimum absolute atomic E-state index is 0.0594. The molecule has 0 aliphatic heterocycles. The first-order chi connectivity index (χ1) is 13.0. The van der Waals surface area contributed by atoms with Crippen molar-refractivity contribution in [3.63, 3.8) is 0 Å². The SMILES string of the molecule is CC(C)NCCOCCOCCOCCOCCCCCNC(=O)C(C)C. The summed E-state index contributed by atoms with van der Waals surface area (Å²) in [6.45, 7) is 14.7. The minimum atomic E-state index is 0.0594. The van der Waals surface area contributed by atoms with Gasteiger partial charge in [-0.25, -0.2) is 0 Å². The highest BCUT2D eigenvalue weighted by Crippen LogP contribution is 1.96. The molecule has 0 aromatic rings. The number of ether oxygens (including phenoxy) is 4. The number of carbonyl (C=O) groups is 1. The van der Waals surface area contributed by atoms with Crippen LogP contribution in [0.25, 0.3) is 0 Å². The van der Waals surface area contributed by atoms with Crippen LogP contribution in [0.3, 0.4) is 0 Å². The summed E-state index contributed by atoms with van der Waals surface area (Å²) in [4.78, 5) is 11.4. The molecule has 7 heteroatoms. The predicted octanol–water partition coefficient (Wildman–Crippen LogP) is 1.99. The van der Waals surface area contributed by atoms with Crippen LogP contribution in [0.5, 0.6) is 0 Å². The molecule has 0 rings (SSSR count). The maximum atomic E-state index is 11.4. The minimum Gasteiger partial charge on any atom is -0.379 e. The van der Waals surface area contributed by atoms with E-state index in [0.717, 1.165) is 39.0 Å². The first-order valence-electron chi connectivity index (χ1n) is 10.4. The van der Waals surface area contributed by atoms with Crippen molar-refractivity contribution in [3.05, 3.63) is 0 Å². The van der Waals surface area contributed by atoms with Crippen LogP contribution in [0.4, 0.5) is 0 Å². The van der Waals surface area contributed by atoms with Gasteiger partial charge in [0.1, 0.15) is 0 Å². The maximum Gasteiger partial charge on any atom is 0.222 e. The van der Waals surface area contributed by atoms with Gasteiger partial charge in [0.25, 0.3) is 0 Å². The Labute approximate surface area is 165 Å². The van der Waals surface area contributed by atoms with Crippen molar-refractivity contribution in [2.24, 2.45) is 5.92 Å². The van der Waals surface area contributed by atoms with E-state index in [1.165, 1.54) is 0 Å². The van der Waals surface area contributed by atoms with Crippen molar-refractivity contribution in [3.8, 4) is 0 Å². The van der Waals surface area contributed by atoms with Crippen LogP contribution in [0.2, 0.25) is 0 Å². The third kappa shape index (κ3) is 21.4. The van der Waals surface area contributed by atoms with Gasteiger partial charge in [-0.1, -0.05) is 27.7 Å². The van der Waals surface area contributed by atoms with Gasteiger partial charge in [0.2, 0.25) is 5.91 Å². The molecule has 0 aliphatic carbocycles. The molecule has 0 saturated heterocycles. The van der Waals surface area contributed by atoms with Gasteiger partial charge in [-0.2, -0.15) is 0 Å². The van der Waals surface area contributed by atoms with E-state index in [0.29, 0.717) is 52.3 Å². The molecule has 0 aromatic carbocycles. The molecule has 0 heterocycles. The lowest BCUT2D eigenvalue weighted by Gasteiger charge is -2.09. The summed E-state index contributed by atoms with van der Waals surface area (Å²) in [6.07, 6.45) is 3.06. The second kappa shape index (κ2) is 20.0. The van der Waals surface area contributed by atoms with E-state index >= 15 is 0 Å². The topological polar surface area (TPSA) is 78.1 Å². The normalized spacial score (nSPS) is 11.5. The van der Waals surface area contributed by atoms with Crippen LogP contribution in [0.1, 0.15) is 47.0 Å². The van der Waals surface area contributed by atoms with E-state index in [1.807, 2.05) is 13.8 Å². The van der Waals surface area contributed by atoms with Gasteiger partial charge in [0.05, 0.1) is 46.2 Å². The molecule has 0 fully saturated rings. The zero-order valence-corrected chi connectivity index (χ0v) is 17.9. The van der Waals surface area contributed by atoms with Crippen molar-refractivity contribution < 1.29 is 23.7 Å². The van der Waals surface area contributed by atoms with Crippen molar-refractivity contribution >= 4 is 5.91 Å². The third-order valence-electron chi connectivity index (χ3n) is 3.70. The van der Waals surface area contributed by atoms with Gasteiger partial charge in [0, 0.05) is 31.7 Å². The summed E-state index contributed by atoms with van der Waals surface area (Å²) in [7, 11) is 0. The van der Waals surface area contributed by atoms with Crippen LogP contribution in [0.15, 0.2) is 0 Å².